The van der Waals surface area contributed by atoms with Crippen molar-refractivity contribution in [3.8, 4) is 11.4 Å². The highest BCUT2D eigenvalue weighted by molar-refractivity contribution is 7.71. The Kier molecular flexibility index (Phi) is 5.54. The van der Waals surface area contributed by atoms with E-state index in [0.717, 1.165) is 16.7 Å². The number of rotatable bonds is 5. The summed E-state index contributed by atoms with van der Waals surface area (Å²) in [6.45, 7) is 4.01. The summed E-state index contributed by atoms with van der Waals surface area (Å²) in [4.78, 5) is 12.5. The second-order valence-electron chi connectivity index (χ2n) is 6.15. The van der Waals surface area contributed by atoms with Crippen LogP contribution in [0.3, 0.4) is 0 Å². The van der Waals surface area contributed by atoms with Gasteiger partial charge in [0.15, 0.2) is 10.6 Å². The van der Waals surface area contributed by atoms with E-state index in [2.05, 4.69) is 15.5 Å². The number of nitrogens with zero attached hydrogens (tertiary/aromatic N) is 2. The average Bonchev–Trinajstić information content (AvgIpc) is 2.95. The third-order valence-electron chi connectivity index (χ3n) is 4.06. The van der Waals surface area contributed by atoms with Gasteiger partial charge in [0.2, 0.25) is 5.91 Å². The number of hydrogen-bond acceptors (Lipinski definition) is 3. The first kappa shape index (κ1) is 18.4. The van der Waals surface area contributed by atoms with Crippen LogP contribution in [0.5, 0.6) is 0 Å². The fourth-order valence-corrected chi connectivity index (χ4v) is 3.15. The van der Waals surface area contributed by atoms with Crippen LogP contribution in [0.25, 0.3) is 11.4 Å². The quantitative estimate of drug-likeness (QED) is 0.637. The van der Waals surface area contributed by atoms with Gasteiger partial charge in [0, 0.05) is 10.6 Å². The molecule has 3 rings (SSSR count). The Morgan fingerprint density at radius 2 is 2.08 bits per heavy atom. The number of amides is 1. The molecule has 0 unspecified atom stereocenters. The number of aromatic amines is 1. The Balaban J connectivity index is 1.78. The standard InChI is InChI=1S/C19H19ClN4OS/c1-12-5-3-7-15(9-12)18-22-23-19(26)24(18)11-17(25)21-13(2)14-6-4-8-16(20)10-14/h3-10,13H,11H2,1-2H3,(H,21,25)(H,23,26)/t13-/m0/s1. The molecule has 1 heterocycles. The summed E-state index contributed by atoms with van der Waals surface area (Å²) >= 11 is 11.3. The molecule has 1 amide bonds. The van der Waals surface area contributed by atoms with Crippen molar-refractivity contribution in [1.82, 2.24) is 20.1 Å². The monoisotopic (exact) mass is 386 g/mol. The topological polar surface area (TPSA) is 62.7 Å². The molecule has 0 aliphatic heterocycles. The number of halogens is 1. The molecule has 0 saturated heterocycles. The van der Waals surface area contributed by atoms with Gasteiger partial charge in [0.25, 0.3) is 0 Å². The van der Waals surface area contributed by atoms with E-state index < -0.39 is 0 Å². The van der Waals surface area contributed by atoms with E-state index in [9.17, 15) is 4.79 Å². The zero-order chi connectivity index (χ0) is 18.7. The van der Waals surface area contributed by atoms with E-state index >= 15 is 0 Å². The van der Waals surface area contributed by atoms with Gasteiger partial charge >= 0.3 is 0 Å². The minimum absolute atomic E-state index is 0.0868. The van der Waals surface area contributed by atoms with Crippen molar-refractivity contribution in [1.29, 1.82) is 0 Å². The number of hydrogen-bond donors (Lipinski definition) is 2. The Labute approximate surface area is 162 Å². The summed E-state index contributed by atoms with van der Waals surface area (Å²) in [5, 5.41) is 10.7. The summed E-state index contributed by atoms with van der Waals surface area (Å²) < 4.78 is 2.11. The van der Waals surface area contributed by atoms with Gasteiger partial charge < -0.3 is 5.32 Å². The normalized spacial score (nSPS) is 12.0. The molecule has 2 N–H and O–H groups in total. The van der Waals surface area contributed by atoms with Gasteiger partial charge in [-0.2, -0.15) is 5.10 Å². The minimum atomic E-state index is -0.162. The Morgan fingerprint density at radius 1 is 1.31 bits per heavy atom. The fourth-order valence-electron chi connectivity index (χ4n) is 2.76. The van der Waals surface area contributed by atoms with Crippen LogP contribution in [0.1, 0.15) is 24.1 Å². The van der Waals surface area contributed by atoms with Crippen LogP contribution < -0.4 is 5.32 Å². The van der Waals surface area contributed by atoms with Crippen molar-refractivity contribution >= 4 is 29.7 Å². The van der Waals surface area contributed by atoms with E-state index in [4.69, 9.17) is 23.8 Å². The molecule has 5 nitrogen and oxygen atoms in total. The maximum atomic E-state index is 12.5. The molecule has 1 atom stereocenters. The lowest BCUT2D eigenvalue weighted by Crippen LogP contribution is -2.30. The van der Waals surface area contributed by atoms with Gasteiger partial charge in [-0.15, -0.1) is 0 Å². The van der Waals surface area contributed by atoms with Crippen LogP contribution in [0, 0.1) is 11.7 Å². The van der Waals surface area contributed by atoms with E-state index in [1.807, 2.05) is 56.3 Å². The number of aryl methyl sites for hydroxylation is 1. The summed E-state index contributed by atoms with van der Waals surface area (Å²) in [5.41, 5.74) is 2.97. The van der Waals surface area contributed by atoms with E-state index in [1.54, 1.807) is 10.6 Å². The zero-order valence-electron chi connectivity index (χ0n) is 14.5. The zero-order valence-corrected chi connectivity index (χ0v) is 16.1. The van der Waals surface area contributed by atoms with Crippen molar-refractivity contribution < 1.29 is 4.79 Å². The van der Waals surface area contributed by atoms with Crippen LogP contribution in [-0.2, 0) is 11.3 Å². The first-order chi connectivity index (χ1) is 12.4. The van der Waals surface area contributed by atoms with Gasteiger partial charge in [-0.3, -0.25) is 14.5 Å². The highest BCUT2D eigenvalue weighted by Gasteiger charge is 2.15. The molecule has 1 aromatic heterocycles. The number of carbonyl (C=O) groups is 1. The van der Waals surface area contributed by atoms with Gasteiger partial charge in [0.05, 0.1) is 6.04 Å². The van der Waals surface area contributed by atoms with E-state index in [-0.39, 0.29) is 18.5 Å². The number of benzene rings is 2. The number of carbonyl (C=O) groups excluding carboxylic acids is 1. The van der Waals surface area contributed by atoms with Crippen molar-refractivity contribution in [3.05, 3.63) is 69.5 Å². The number of H-pyrrole nitrogens is 1. The van der Waals surface area contributed by atoms with Crippen LogP contribution in [0.2, 0.25) is 5.02 Å². The lowest BCUT2D eigenvalue weighted by atomic mass is 10.1. The molecule has 3 aromatic rings. The molecule has 7 heteroatoms. The molecule has 0 bridgehead atoms. The lowest BCUT2D eigenvalue weighted by molar-refractivity contribution is -0.122. The van der Waals surface area contributed by atoms with Crippen molar-refractivity contribution in [2.75, 3.05) is 0 Å². The van der Waals surface area contributed by atoms with Crippen LogP contribution in [-0.4, -0.2) is 20.7 Å². The smallest absolute Gasteiger partial charge is 0.240 e. The predicted octanol–water partition coefficient (Wildman–Crippen LogP) is 4.45. The van der Waals surface area contributed by atoms with Crippen molar-refractivity contribution in [3.63, 3.8) is 0 Å². The van der Waals surface area contributed by atoms with Gasteiger partial charge in [-0.1, -0.05) is 47.5 Å². The highest BCUT2D eigenvalue weighted by atomic mass is 35.5. The summed E-state index contributed by atoms with van der Waals surface area (Å²) in [7, 11) is 0. The summed E-state index contributed by atoms with van der Waals surface area (Å²) in [5.74, 6) is 0.494. The minimum Gasteiger partial charge on any atom is -0.348 e. The first-order valence-corrected chi connectivity index (χ1v) is 9.00. The van der Waals surface area contributed by atoms with Gasteiger partial charge in [-0.05, 0) is 49.8 Å². The number of nitrogens with one attached hydrogen (secondary N) is 2. The Morgan fingerprint density at radius 3 is 2.81 bits per heavy atom. The molecule has 134 valence electrons. The second kappa shape index (κ2) is 7.85. The van der Waals surface area contributed by atoms with Crippen molar-refractivity contribution in [2.24, 2.45) is 0 Å². The maximum absolute atomic E-state index is 12.5. The SMILES string of the molecule is Cc1cccc(-c2n[nH]c(=S)n2CC(=O)N[C@@H](C)c2cccc(Cl)c2)c1. The van der Waals surface area contributed by atoms with E-state index in [1.165, 1.54) is 0 Å². The Hall–Kier alpha value is -2.44. The molecule has 0 spiro atoms. The second-order valence-corrected chi connectivity index (χ2v) is 6.98. The summed E-state index contributed by atoms with van der Waals surface area (Å²) in [6.07, 6.45) is 0. The number of aromatic nitrogens is 3. The average molecular weight is 387 g/mol. The molecular formula is C19H19ClN4OS. The molecule has 0 fully saturated rings. The lowest BCUT2D eigenvalue weighted by Gasteiger charge is -2.15. The molecule has 26 heavy (non-hydrogen) atoms. The molecule has 0 radical (unpaired) electrons. The predicted molar refractivity (Wildman–Crippen MR) is 106 cm³/mol. The summed E-state index contributed by atoms with van der Waals surface area (Å²) in [6, 6.07) is 15.2. The van der Waals surface area contributed by atoms with Crippen molar-refractivity contribution in [2.45, 2.75) is 26.4 Å². The van der Waals surface area contributed by atoms with E-state index in [0.29, 0.717) is 15.6 Å². The first-order valence-electron chi connectivity index (χ1n) is 8.21. The van der Waals surface area contributed by atoms with Crippen LogP contribution in [0.4, 0.5) is 0 Å². The van der Waals surface area contributed by atoms with Gasteiger partial charge in [-0.25, -0.2) is 0 Å². The molecular weight excluding hydrogens is 368 g/mol. The Bertz CT molecular complexity index is 995. The molecule has 0 aliphatic carbocycles. The molecule has 0 aliphatic rings. The highest BCUT2D eigenvalue weighted by Crippen LogP contribution is 2.20. The van der Waals surface area contributed by atoms with Gasteiger partial charge in [0.1, 0.15) is 6.54 Å². The third-order valence-corrected chi connectivity index (χ3v) is 4.61. The molecule has 0 saturated carbocycles. The third kappa shape index (κ3) is 4.20. The fraction of sp³-hybridized carbons (Fsp3) is 0.211. The van der Waals surface area contributed by atoms with Crippen LogP contribution in [0.15, 0.2) is 48.5 Å². The maximum Gasteiger partial charge on any atom is 0.240 e. The molecule has 2 aromatic carbocycles. The van der Waals surface area contributed by atoms with Crippen LogP contribution >= 0.6 is 23.8 Å². The largest absolute Gasteiger partial charge is 0.348 e.